The van der Waals surface area contributed by atoms with Gasteiger partial charge in [-0.1, -0.05) is 30.3 Å². The summed E-state index contributed by atoms with van der Waals surface area (Å²) in [5.41, 5.74) is 0.606. The molecule has 4 rings (SSSR count). The van der Waals surface area contributed by atoms with Crippen molar-refractivity contribution in [2.75, 3.05) is 13.0 Å². The second-order valence-corrected chi connectivity index (χ2v) is 9.14. The molecule has 2 aromatic rings. The molecule has 2 heterocycles. The van der Waals surface area contributed by atoms with Gasteiger partial charge in [0.2, 0.25) is 11.4 Å². The number of hydrogen-bond donors (Lipinski definition) is 1. The first-order valence-electron chi connectivity index (χ1n) is 10.7. The molecule has 2 aliphatic rings. The maximum absolute atomic E-state index is 13.6. The van der Waals surface area contributed by atoms with Crippen LogP contribution in [0.5, 0.6) is 5.75 Å². The van der Waals surface area contributed by atoms with Gasteiger partial charge in [-0.25, -0.2) is 4.79 Å². The van der Waals surface area contributed by atoms with E-state index >= 15 is 0 Å². The lowest BCUT2D eigenvalue weighted by atomic mass is 9.65. The fourth-order valence-electron chi connectivity index (χ4n) is 5.27. The van der Waals surface area contributed by atoms with Crippen LogP contribution in [0, 0.1) is 19.8 Å². The minimum absolute atomic E-state index is 0.161. The molecule has 0 bridgehead atoms. The molecule has 0 unspecified atom stereocenters. The summed E-state index contributed by atoms with van der Waals surface area (Å²) < 4.78 is 10.9. The van der Waals surface area contributed by atoms with Crippen LogP contribution < -0.4 is 4.74 Å². The Morgan fingerprint density at radius 2 is 1.88 bits per heavy atom. The number of carbonyl (C=O) groups is 2. The number of carbonyl (C=O) groups excluding carboxylic acids is 2. The summed E-state index contributed by atoms with van der Waals surface area (Å²) in [7, 11) is 1.58. The predicted octanol–water partition coefficient (Wildman–Crippen LogP) is 3.69. The maximum atomic E-state index is 13.6. The summed E-state index contributed by atoms with van der Waals surface area (Å²) >= 11 is 6.02. The van der Waals surface area contributed by atoms with E-state index in [1.807, 2.05) is 38.1 Å². The number of halogens is 1. The second kappa shape index (κ2) is 8.09. The molecule has 32 heavy (non-hydrogen) atoms. The van der Waals surface area contributed by atoms with Crippen LogP contribution in [0.1, 0.15) is 41.7 Å². The Labute approximate surface area is 193 Å². The third-order valence-corrected chi connectivity index (χ3v) is 7.48. The Morgan fingerprint density at radius 1 is 1.19 bits per heavy atom. The number of aliphatic hydroxyl groups excluding tert-OH is 1. The van der Waals surface area contributed by atoms with Crippen molar-refractivity contribution >= 4 is 23.5 Å². The number of aliphatic hydroxyl groups is 1. The van der Waals surface area contributed by atoms with Crippen LogP contribution in [-0.2, 0) is 20.9 Å². The third kappa shape index (κ3) is 2.96. The lowest BCUT2D eigenvalue weighted by Crippen LogP contribution is -2.77. The topological polar surface area (TPSA) is 76.1 Å². The average molecular weight is 458 g/mol. The second-order valence-electron chi connectivity index (χ2n) is 8.76. The molecule has 0 radical (unpaired) electrons. The van der Waals surface area contributed by atoms with E-state index in [2.05, 4.69) is 0 Å². The van der Waals surface area contributed by atoms with Gasteiger partial charge < -0.3 is 19.5 Å². The fraction of sp³-hybridized carbons (Fsp3) is 0.440. The molecule has 0 spiro atoms. The summed E-state index contributed by atoms with van der Waals surface area (Å²) in [5, 5.41) is 11.7. The predicted molar refractivity (Wildman–Crippen MR) is 120 cm³/mol. The molecule has 2 aromatic carbocycles. The molecule has 0 aliphatic carbocycles. The highest BCUT2D eigenvalue weighted by Gasteiger charge is 2.82. The van der Waals surface area contributed by atoms with Crippen molar-refractivity contribution < 1.29 is 24.2 Å². The van der Waals surface area contributed by atoms with Gasteiger partial charge in [0.1, 0.15) is 11.9 Å². The van der Waals surface area contributed by atoms with Gasteiger partial charge in [0.25, 0.3) is 0 Å². The van der Waals surface area contributed by atoms with Crippen molar-refractivity contribution in [2.24, 2.45) is 5.92 Å². The van der Waals surface area contributed by atoms with Gasteiger partial charge in [-0.15, -0.1) is 11.6 Å². The Morgan fingerprint density at radius 3 is 2.47 bits per heavy atom. The molecular formula is C25H28ClNO5. The van der Waals surface area contributed by atoms with E-state index in [1.54, 1.807) is 32.2 Å². The summed E-state index contributed by atoms with van der Waals surface area (Å²) in [5.74, 6) is -0.517. The van der Waals surface area contributed by atoms with E-state index in [9.17, 15) is 14.7 Å². The van der Waals surface area contributed by atoms with Crippen LogP contribution >= 0.6 is 11.6 Å². The normalized spacial score (nSPS) is 27.6. The van der Waals surface area contributed by atoms with Gasteiger partial charge in [-0.2, -0.15) is 0 Å². The van der Waals surface area contributed by atoms with Crippen molar-refractivity contribution in [1.82, 2.24) is 4.90 Å². The van der Waals surface area contributed by atoms with Crippen LogP contribution in [0.25, 0.3) is 0 Å². The van der Waals surface area contributed by atoms with E-state index in [-0.39, 0.29) is 18.3 Å². The Balaban J connectivity index is 1.84. The standard InChI is InChI=1S/C25H28ClNO5/c1-15-6-5-7-19(16(15)2)21(28)25-23(30)32-24(25,3)20(12-13-26)22(29)27(25)14-17-8-10-18(31-4)11-9-17/h5-11,20-21,28H,12-14H2,1-4H3/t20-,21-,24-,25-/m0/s1. The first kappa shape index (κ1) is 22.6. The number of nitrogens with zero attached hydrogens (tertiary/aromatic N) is 1. The number of alkyl halides is 1. The first-order chi connectivity index (χ1) is 15.2. The molecule has 0 aromatic heterocycles. The molecule has 2 fully saturated rings. The van der Waals surface area contributed by atoms with E-state index in [0.29, 0.717) is 17.7 Å². The number of hydrogen-bond acceptors (Lipinski definition) is 5. The third-order valence-electron chi connectivity index (χ3n) is 7.26. The Hall–Kier alpha value is -2.57. The van der Waals surface area contributed by atoms with Crippen LogP contribution in [0.2, 0.25) is 0 Å². The zero-order valence-electron chi connectivity index (χ0n) is 18.7. The maximum Gasteiger partial charge on any atom is 0.340 e. The minimum Gasteiger partial charge on any atom is -0.497 e. The monoisotopic (exact) mass is 457 g/mol. The minimum atomic E-state index is -1.53. The summed E-state index contributed by atoms with van der Waals surface area (Å²) in [4.78, 5) is 28.3. The smallest absolute Gasteiger partial charge is 0.340 e. The van der Waals surface area contributed by atoms with Crippen molar-refractivity contribution in [3.63, 3.8) is 0 Å². The number of rotatable bonds is 7. The van der Waals surface area contributed by atoms with Crippen molar-refractivity contribution in [3.05, 3.63) is 64.7 Å². The summed E-state index contributed by atoms with van der Waals surface area (Å²) in [6.45, 7) is 5.76. The van der Waals surface area contributed by atoms with E-state index in [4.69, 9.17) is 21.1 Å². The number of amides is 1. The van der Waals surface area contributed by atoms with Gasteiger partial charge in [0, 0.05) is 12.4 Å². The number of ether oxygens (including phenoxy) is 2. The Bertz CT molecular complexity index is 1050. The van der Waals surface area contributed by atoms with E-state index in [0.717, 1.165) is 16.7 Å². The number of methoxy groups -OCH3 is 1. The van der Waals surface area contributed by atoms with Crippen molar-refractivity contribution in [1.29, 1.82) is 0 Å². The highest BCUT2D eigenvalue weighted by atomic mass is 35.5. The van der Waals surface area contributed by atoms with E-state index in [1.165, 1.54) is 4.90 Å². The number of aryl methyl sites for hydroxylation is 1. The Kier molecular flexibility index (Phi) is 5.72. The average Bonchev–Trinajstić information content (AvgIpc) is 2.91. The zero-order chi connectivity index (χ0) is 23.3. The van der Waals surface area contributed by atoms with Gasteiger partial charge >= 0.3 is 5.97 Å². The molecule has 0 saturated carbocycles. The zero-order valence-corrected chi connectivity index (χ0v) is 19.5. The molecular weight excluding hydrogens is 430 g/mol. The lowest BCUT2D eigenvalue weighted by Gasteiger charge is -2.56. The van der Waals surface area contributed by atoms with Crippen LogP contribution in [0.3, 0.4) is 0 Å². The molecule has 1 amide bonds. The largest absolute Gasteiger partial charge is 0.497 e. The number of likely N-dealkylation sites (tertiary alicyclic amines) is 1. The van der Waals surface area contributed by atoms with Crippen LogP contribution in [-0.4, -0.2) is 46.0 Å². The molecule has 2 aliphatic heterocycles. The summed E-state index contributed by atoms with van der Waals surface area (Å²) in [6, 6.07) is 12.9. The lowest BCUT2D eigenvalue weighted by molar-refractivity contribution is -0.253. The van der Waals surface area contributed by atoms with E-state index < -0.39 is 29.1 Å². The van der Waals surface area contributed by atoms with Gasteiger partial charge in [0.15, 0.2) is 5.60 Å². The number of benzene rings is 2. The molecule has 1 N–H and O–H groups in total. The molecule has 4 atom stereocenters. The van der Waals surface area contributed by atoms with Crippen molar-refractivity contribution in [2.45, 2.75) is 51.0 Å². The fourth-order valence-corrected chi connectivity index (χ4v) is 5.49. The molecule has 170 valence electrons. The van der Waals surface area contributed by atoms with Gasteiger partial charge in [0.05, 0.1) is 13.0 Å². The first-order valence-corrected chi connectivity index (χ1v) is 11.2. The highest BCUT2D eigenvalue weighted by Crippen LogP contribution is 2.60. The summed E-state index contributed by atoms with van der Waals surface area (Å²) in [6.07, 6.45) is -0.888. The SMILES string of the molecule is COc1ccc(CN2C(=O)[C@H](CCCl)[C@]3(C)OC(=O)[C@]23[C@@H](O)c2cccc(C)c2C)cc1. The molecule has 7 heteroatoms. The molecule has 6 nitrogen and oxygen atoms in total. The number of fused-ring (bicyclic) bond motifs is 1. The van der Waals surface area contributed by atoms with Crippen molar-refractivity contribution in [3.8, 4) is 5.75 Å². The van der Waals surface area contributed by atoms with Crippen LogP contribution in [0.4, 0.5) is 0 Å². The van der Waals surface area contributed by atoms with Crippen LogP contribution in [0.15, 0.2) is 42.5 Å². The highest BCUT2D eigenvalue weighted by molar-refractivity contribution is 6.18. The molecule has 2 saturated heterocycles. The van der Waals surface area contributed by atoms with Gasteiger partial charge in [-0.05, 0) is 61.6 Å². The van der Waals surface area contributed by atoms with Gasteiger partial charge in [-0.3, -0.25) is 4.79 Å². The number of esters is 1. The quantitative estimate of drug-likeness (QED) is 0.507.